The summed E-state index contributed by atoms with van der Waals surface area (Å²) >= 11 is 3.29. The Morgan fingerprint density at radius 3 is 2.92 bits per heavy atom. The molecular formula is C19H17BrFN3O. The van der Waals surface area contributed by atoms with Crippen molar-refractivity contribution in [1.82, 2.24) is 14.9 Å². The lowest BCUT2D eigenvalue weighted by Gasteiger charge is -2.32. The fourth-order valence-electron chi connectivity index (χ4n) is 3.38. The first-order valence-corrected chi connectivity index (χ1v) is 9.10. The fraction of sp³-hybridized carbons (Fsp3) is 0.263. The lowest BCUT2D eigenvalue weighted by Crippen LogP contribution is -2.39. The van der Waals surface area contributed by atoms with Crippen LogP contribution in [0, 0.1) is 5.82 Å². The van der Waals surface area contributed by atoms with Crippen molar-refractivity contribution in [3.63, 3.8) is 0 Å². The number of aromatic nitrogens is 2. The van der Waals surface area contributed by atoms with Crippen molar-refractivity contribution < 1.29 is 9.18 Å². The van der Waals surface area contributed by atoms with Gasteiger partial charge in [-0.25, -0.2) is 9.37 Å². The second-order valence-corrected chi connectivity index (χ2v) is 7.21. The van der Waals surface area contributed by atoms with E-state index in [1.54, 1.807) is 0 Å². The highest BCUT2D eigenvalue weighted by Crippen LogP contribution is 2.29. The molecule has 1 unspecified atom stereocenters. The van der Waals surface area contributed by atoms with Gasteiger partial charge in [0.25, 0.3) is 5.91 Å². The van der Waals surface area contributed by atoms with E-state index in [1.165, 1.54) is 18.2 Å². The number of carbonyl (C=O) groups excluding carboxylic acids is 1. The monoisotopic (exact) mass is 401 g/mol. The van der Waals surface area contributed by atoms with Crippen molar-refractivity contribution in [2.45, 2.75) is 18.8 Å². The van der Waals surface area contributed by atoms with Crippen molar-refractivity contribution in [2.75, 3.05) is 13.1 Å². The van der Waals surface area contributed by atoms with Crippen molar-refractivity contribution >= 4 is 32.9 Å². The van der Waals surface area contributed by atoms with Gasteiger partial charge < -0.3 is 9.88 Å². The smallest absolute Gasteiger partial charge is 0.255 e. The molecule has 1 aliphatic heterocycles. The number of amides is 1. The zero-order valence-electron chi connectivity index (χ0n) is 13.5. The van der Waals surface area contributed by atoms with Gasteiger partial charge in [0, 0.05) is 23.5 Å². The molecule has 0 radical (unpaired) electrons. The second kappa shape index (κ2) is 6.59. The number of H-pyrrole nitrogens is 1. The van der Waals surface area contributed by atoms with Gasteiger partial charge >= 0.3 is 0 Å². The first kappa shape index (κ1) is 16.3. The van der Waals surface area contributed by atoms with E-state index in [-0.39, 0.29) is 17.6 Å². The normalized spacial score (nSPS) is 17.8. The maximum Gasteiger partial charge on any atom is 0.255 e. The standard InChI is InChI=1S/C19H17BrFN3O/c20-15-10-13(21)7-8-14(15)19(25)24-9-3-4-12(11-24)18-22-16-5-1-2-6-17(16)23-18/h1-2,5-8,10,12H,3-4,9,11H2,(H,22,23). The Kier molecular flexibility index (Phi) is 4.29. The van der Waals surface area contributed by atoms with Crippen molar-refractivity contribution in [3.05, 3.63) is 64.1 Å². The minimum atomic E-state index is -0.359. The highest BCUT2D eigenvalue weighted by Gasteiger charge is 2.28. The molecule has 1 amide bonds. The van der Waals surface area contributed by atoms with E-state index in [0.29, 0.717) is 23.1 Å². The zero-order valence-corrected chi connectivity index (χ0v) is 15.1. The number of nitrogens with one attached hydrogen (secondary N) is 1. The van der Waals surface area contributed by atoms with E-state index in [2.05, 4.69) is 25.9 Å². The quantitative estimate of drug-likeness (QED) is 0.687. The van der Waals surface area contributed by atoms with Crippen LogP contribution in [0.3, 0.4) is 0 Å². The van der Waals surface area contributed by atoms with Crippen LogP contribution < -0.4 is 0 Å². The maximum atomic E-state index is 13.3. The van der Waals surface area contributed by atoms with E-state index in [0.717, 1.165) is 29.7 Å². The Morgan fingerprint density at radius 2 is 2.12 bits per heavy atom. The number of benzene rings is 2. The third-order valence-electron chi connectivity index (χ3n) is 4.66. The molecule has 0 bridgehead atoms. The summed E-state index contributed by atoms with van der Waals surface area (Å²) in [5, 5.41) is 0. The Bertz CT molecular complexity index is 906. The molecule has 4 rings (SSSR count). The fourth-order valence-corrected chi connectivity index (χ4v) is 3.90. The van der Waals surface area contributed by atoms with Gasteiger partial charge in [-0.1, -0.05) is 12.1 Å². The molecule has 1 fully saturated rings. The number of halogens is 2. The topological polar surface area (TPSA) is 49.0 Å². The first-order chi connectivity index (χ1) is 12.1. The van der Waals surface area contributed by atoms with Gasteiger partial charge in [-0.2, -0.15) is 0 Å². The molecule has 3 aromatic rings. The number of hydrogen-bond acceptors (Lipinski definition) is 2. The lowest BCUT2D eigenvalue weighted by atomic mass is 9.96. The SMILES string of the molecule is O=C(c1ccc(F)cc1Br)N1CCCC(c2nc3ccccc3[nH]2)C1. The maximum absolute atomic E-state index is 13.3. The van der Waals surface area contributed by atoms with Crippen LogP contribution in [0.4, 0.5) is 4.39 Å². The first-order valence-electron chi connectivity index (χ1n) is 8.31. The van der Waals surface area contributed by atoms with Gasteiger partial charge in [0.2, 0.25) is 0 Å². The molecule has 25 heavy (non-hydrogen) atoms. The number of nitrogens with zero attached hydrogens (tertiary/aromatic N) is 2. The predicted molar refractivity (Wildman–Crippen MR) is 98.1 cm³/mol. The molecule has 2 heterocycles. The molecule has 1 saturated heterocycles. The molecular weight excluding hydrogens is 385 g/mol. The van der Waals surface area contributed by atoms with Crippen molar-refractivity contribution in [1.29, 1.82) is 0 Å². The largest absolute Gasteiger partial charge is 0.342 e. The molecule has 0 saturated carbocycles. The number of carbonyl (C=O) groups is 1. The van der Waals surface area contributed by atoms with Gasteiger partial charge in [0.15, 0.2) is 0 Å². The molecule has 128 valence electrons. The van der Waals surface area contributed by atoms with E-state index in [4.69, 9.17) is 0 Å². The number of rotatable bonds is 2. The van der Waals surface area contributed by atoms with E-state index < -0.39 is 0 Å². The molecule has 6 heteroatoms. The van der Waals surface area contributed by atoms with Crippen molar-refractivity contribution in [2.24, 2.45) is 0 Å². The molecule has 0 spiro atoms. The minimum absolute atomic E-state index is 0.0762. The predicted octanol–water partition coefficient (Wildman–Crippen LogP) is 4.48. The number of para-hydroxylation sites is 2. The number of likely N-dealkylation sites (tertiary alicyclic amines) is 1. The number of fused-ring (bicyclic) bond motifs is 1. The Balaban J connectivity index is 1.57. The van der Waals surface area contributed by atoms with Crippen LogP contribution in [0.5, 0.6) is 0 Å². The Morgan fingerprint density at radius 1 is 1.28 bits per heavy atom. The summed E-state index contributed by atoms with van der Waals surface area (Å²) in [6, 6.07) is 12.1. The third kappa shape index (κ3) is 3.18. The minimum Gasteiger partial charge on any atom is -0.342 e. The van der Waals surface area contributed by atoms with E-state index >= 15 is 0 Å². The van der Waals surface area contributed by atoms with Gasteiger partial charge in [0.1, 0.15) is 11.6 Å². The molecule has 1 aromatic heterocycles. The highest BCUT2D eigenvalue weighted by atomic mass is 79.9. The zero-order chi connectivity index (χ0) is 17.4. The van der Waals surface area contributed by atoms with Crippen LogP contribution in [0.25, 0.3) is 11.0 Å². The van der Waals surface area contributed by atoms with Gasteiger partial charge in [-0.3, -0.25) is 4.79 Å². The molecule has 4 nitrogen and oxygen atoms in total. The van der Waals surface area contributed by atoms with Gasteiger partial charge in [-0.15, -0.1) is 0 Å². The molecule has 2 aromatic carbocycles. The summed E-state index contributed by atoms with van der Waals surface area (Å²) in [7, 11) is 0. The van der Waals surface area contributed by atoms with Crippen LogP contribution in [-0.2, 0) is 0 Å². The summed E-state index contributed by atoms with van der Waals surface area (Å²) in [6.07, 6.45) is 1.92. The average molecular weight is 402 g/mol. The lowest BCUT2D eigenvalue weighted by molar-refractivity contribution is 0.0704. The average Bonchev–Trinajstić information content (AvgIpc) is 3.05. The second-order valence-electron chi connectivity index (χ2n) is 6.35. The summed E-state index contributed by atoms with van der Waals surface area (Å²) in [5.41, 5.74) is 2.45. The summed E-state index contributed by atoms with van der Waals surface area (Å²) in [4.78, 5) is 22.7. The van der Waals surface area contributed by atoms with Gasteiger partial charge in [-0.05, 0) is 59.1 Å². The summed E-state index contributed by atoms with van der Waals surface area (Å²) < 4.78 is 13.8. The highest BCUT2D eigenvalue weighted by molar-refractivity contribution is 9.10. The van der Waals surface area contributed by atoms with Crippen molar-refractivity contribution in [3.8, 4) is 0 Å². The molecule has 0 aliphatic carbocycles. The molecule has 1 aliphatic rings. The summed E-state index contributed by atoms with van der Waals surface area (Å²) in [5.74, 6) is 0.677. The van der Waals surface area contributed by atoms with Crippen LogP contribution in [0.15, 0.2) is 46.9 Å². The van der Waals surface area contributed by atoms with Gasteiger partial charge in [0.05, 0.1) is 16.6 Å². The number of aromatic amines is 1. The van der Waals surface area contributed by atoms with Crippen LogP contribution >= 0.6 is 15.9 Å². The van der Waals surface area contributed by atoms with Crippen LogP contribution in [0.1, 0.15) is 34.9 Å². The third-order valence-corrected chi connectivity index (χ3v) is 5.32. The van der Waals surface area contributed by atoms with E-state index in [9.17, 15) is 9.18 Å². The summed E-state index contributed by atoms with van der Waals surface area (Å²) in [6.45, 7) is 1.32. The van der Waals surface area contributed by atoms with E-state index in [1.807, 2.05) is 29.2 Å². The Labute approximate surface area is 153 Å². The number of piperidine rings is 1. The van der Waals surface area contributed by atoms with Crippen LogP contribution in [-0.4, -0.2) is 33.9 Å². The van der Waals surface area contributed by atoms with Crippen LogP contribution in [0.2, 0.25) is 0 Å². The molecule has 1 atom stereocenters. The number of hydrogen-bond donors (Lipinski definition) is 1. The molecule has 1 N–H and O–H groups in total. The Hall–Kier alpha value is -2.21. The number of imidazole rings is 1.